The number of non-ortho nitro benzene ring substituents is 1. The summed E-state index contributed by atoms with van der Waals surface area (Å²) in [7, 11) is 2.15. The minimum Gasteiger partial charge on any atom is -0.369 e. The number of aromatic nitrogens is 4. The number of benzene rings is 2. The number of hydrogen-bond donors (Lipinski definition) is 1. The average molecular weight is 485 g/mol. The topological polar surface area (TPSA) is 105 Å². The van der Waals surface area contributed by atoms with Gasteiger partial charge in [0.1, 0.15) is 5.69 Å². The van der Waals surface area contributed by atoms with E-state index in [4.69, 9.17) is 4.98 Å². The molecule has 1 N–H and O–H groups in total. The molecular weight excluding hydrogens is 456 g/mol. The molecule has 2 aromatic carbocycles. The van der Waals surface area contributed by atoms with Crippen molar-refractivity contribution in [1.82, 2.24) is 24.6 Å². The van der Waals surface area contributed by atoms with Gasteiger partial charge in [-0.05, 0) is 50.4 Å². The summed E-state index contributed by atoms with van der Waals surface area (Å²) >= 11 is 0. The molecule has 0 bridgehead atoms. The van der Waals surface area contributed by atoms with Gasteiger partial charge in [-0.3, -0.25) is 14.8 Å². The molecule has 4 aromatic rings. The molecule has 0 atom stereocenters. The number of anilines is 3. The lowest BCUT2D eigenvalue weighted by Gasteiger charge is -2.34. The average Bonchev–Trinajstić information content (AvgIpc) is 3.34. The summed E-state index contributed by atoms with van der Waals surface area (Å²) in [5.74, 6) is 0.488. The molecule has 36 heavy (non-hydrogen) atoms. The van der Waals surface area contributed by atoms with Crippen LogP contribution in [0.1, 0.15) is 6.92 Å². The molecule has 184 valence electrons. The maximum absolute atomic E-state index is 11.1. The third-order valence-corrected chi connectivity index (χ3v) is 6.34. The molecule has 1 aliphatic rings. The van der Waals surface area contributed by atoms with Gasteiger partial charge >= 0.3 is 0 Å². The second kappa shape index (κ2) is 10.1. The predicted octanol–water partition coefficient (Wildman–Crippen LogP) is 4.43. The van der Waals surface area contributed by atoms with E-state index in [-0.39, 0.29) is 5.69 Å². The zero-order valence-corrected chi connectivity index (χ0v) is 20.3. The number of nitrogens with one attached hydrogen (secondary N) is 1. The highest BCUT2D eigenvalue weighted by Crippen LogP contribution is 2.32. The Kier molecular flexibility index (Phi) is 6.59. The van der Waals surface area contributed by atoms with Crippen LogP contribution in [0.5, 0.6) is 0 Å². The van der Waals surface area contributed by atoms with E-state index in [1.807, 2.05) is 36.0 Å². The van der Waals surface area contributed by atoms with Crippen molar-refractivity contribution < 1.29 is 4.92 Å². The number of nitrogens with zero attached hydrogens (tertiary/aromatic N) is 7. The van der Waals surface area contributed by atoms with Gasteiger partial charge in [-0.15, -0.1) is 0 Å². The fourth-order valence-corrected chi connectivity index (χ4v) is 4.27. The standard InChI is InChI=1S/C26H28N8O2/c1-3-33-18-23(25(30-33)19-7-9-21(10-8-19)34(35)36)24-11-12-27-26(29-24)28-20-5-4-6-22(17-20)32-15-13-31(2)14-16-32/h4-12,17-18H,3,13-16H2,1-2H3,(H,27,28,29). The monoisotopic (exact) mass is 484 g/mol. The third-order valence-electron chi connectivity index (χ3n) is 6.34. The lowest BCUT2D eigenvalue weighted by Crippen LogP contribution is -2.44. The van der Waals surface area contributed by atoms with Crippen LogP contribution in [0.25, 0.3) is 22.5 Å². The number of hydrogen-bond acceptors (Lipinski definition) is 8. The summed E-state index contributed by atoms with van der Waals surface area (Å²) in [6, 6.07) is 16.6. The first kappa shape index (κ1) is 23.4. The van der Waals surface area contributed by atoms with Crippen molar-refractivity contribution in [3.63, 3.8) is 0 Å². The van der Waals surface area contributed by atoms with Gasteiger partial charge in [0.2, 0.25) is 5.95 Å². The summed E-state index contributed by atoms with van der Waals surface area (Å²) in [5.41, 5.74) is 5.20. The second-order valence-electron chi connectivity index (χ2n) is 8.78. The third kappa shape index (κ3) is 5.03. The van der Waals surface area contributed by atoms with Crippen molar-refractivity contribution >= 4 is 23.0 Å². The van der Waals surface area contributed by atoms with E-state index in [0.29, 0.717) is 18.2 Å². The van der Waals surface area contributed by atoms with E-state index in [1.165, 1.54) is 17.8 Å². The van der Waals surface area contributed by atoms with Gasteiger partial charge < -0.3 is 15.1 Å². The van der Waals surface area contributed by atoms with Gasteiger partial charge in [0.05, 0.1) is 10.6 Å². The Morgan fingerprint density at radius 3 is 2.56 bits per heavy atom. The van der Waals surface area contributed by atoms with Crippen molar-refractivity contribution in [2.75, 3.05) is 43.4 Å². The van der Waals surface area contributed by atoms with Crippen LogP contribution in [-0.4, -0.2) is 62.8 Å². The first-order valence-electron chi connectivity index (χ1n) is 12.0. The Hall–Kier alpha value is -4.31. The Balaban J connectivity index is 1.41. The maximum atomic E-state index is 11.1. The molecule has 1 aliphatic heterocycles. The molecule has 1 fully saturated rings. The molecule has 0 radical (unpaired) electrons. The Labute approximate surface area is 209 Å². The zero-order valence-electron chi connectivity index (χ0n) is 20.3. The van der Waals surface area contributed by atoms with Crippen molar-refractivity contribution in [3.05, 3.63) is 77.1 Å². The van der Waals surface area contributed by atoms with Crippen molar-refractivity contribution in [3.8, 4) is 22.5 Å². The van der Waals surface area contributed by atoms with Crippen LogP contribution >= 0.6 is 0 Å². The highest BCUT2D eigenvalue weighted by molar-refractivity contribution is 5.79. The highest BCUT2D eigenvalue weighted by atomic mass is 16.6. The summed E-state index contributed by atoms with van der Waals surface area (Å²) in [6.07, 6.45) is 3.66. The molecule has 3 heterocycles. The van der Waals surface area contributed by atoms with E-state index in [2.05, 4.69) is 44.4 Å². The maximum Gasteiger partial charge on any atom is 0.269 e. The van der Waals surface area contributed by atoms with E-state index in [1.54, 1.807) is 18.3 Å². The van der Waals surface area contributed by atoms with Crippen LogP contribution in [0, 0.1) is 10.1 Å². The normalized spacial score (nSPS) is 14.1. The van der Waals surface area contributed by atoms with Crippen molar-refractivity contribution in [2.45, 2.75) is 13.5 Å². The fraction of sp³-hybridized carbons (Fsp3) is 0.269. The molecule has 0 saturated carbocycles. The number of likely N-dealkylation sites (N-methyl/N-ethyl adjacent to an activating group) is 1. The molecule has 10 heteroatoms. The lowest BCUT2D eigenvalue weighted by atomic mass is 10.1. The van der Waals surface area contributed by atoms with E-state index in [0.717, 1.165) is 48.7 Å². The minimum absolute atomic E-state index is 0.0440. The van der Waals surface area contributed by atoms with E-state index < -0.39 is 4.92 Å². The number of nitro benzene ring substituents is 1. The Bertz CT molecular complexity index is 1360. The summed E-state index contributed by atoms with van der Waals surface area (Å²) in [4.78, 5) is 24.6. The first-order valence-corrected chi connectivity index (χ1v) is 12.0. The molecule has 0 spiro atoms. The molecule has 2 aromatic heterocycles. The fourth-order valence-electron chi connectivity index (χ4n) is 4.27. The van der Waals surface area contributed by atoms with Crippen LogP contribution in [0.4, 0.5) is 23.0 Å². The van der Waals surface area contributed by atoms with Gasteiger partial charge in [0, 0.05) is 79.8 Å². The molecular formula is C26H28N8O2. The first-order chi connectivity index (χ1) is 17.5. The van der Waals surface area contributed by atoms with Crippen LogP contribution in [0.2, 0.25) is 0 Å². The van der Waals surface area contributed by atoms with Crippen LogP contribution in [0.15, 0.2) is 67.0 Å². The molecule has 0 unspecified atom stereocenters. The lowest BCUT2D eigenvalue weighted by molar-refractivity contribution is -0.384. The number of nitro groups is 1. The zero-order chi connectivity index (χ0) is 25.1. The van der Waals surface area contributed by atoms with Crippen LogP contribution < -0.4 is 10.2 Å². The van der Waals surface area contributed by atoms with Crippen molar-refractivity contribution in [1.29, 1.82) is 0 Å². The van der Waals surface area contributed by atoms with Gasteiger partial charge in [-0.25, -0.2) is 9.97 Å². The summed E-state index contributed by atoms with van der Waals surface area (Å²) in [5, 5.41) is 19.1. The predicted molar refractivity (Wildman–Crippen MR) is 140 cm³/mol. The molecule has 5 rings (SSSR count). The molecule has 0 aliphatic carbocycles. The van der Waals surface area contributed by atoms with Gasteiger partial charge in [0.15, 0.2) is 0 Å². The number of rotatable bonds is 7. The smallest absolute Gasteiger partial charge is 0.269 e. The van der Waals surface area contributed by atoms with Crippen molar-refractivity contribution in [2.24, 2.45) is 0 Å². The highest BCUT2D eigenvalue weighted by Gasteiger charge is 2.17. The Morgan fingerprint density at radius 2 is 1.83 bits per heavy atom. The number of piperazine rings is 1. The van der Waals surface area contributed by atoms with Crippen LogP contribution in [-0.2, 0) is 6.54 Å². The summed E-state index contributed by atoms with van der Waals surface area (Å²) in [6.45, 7) is 6.79. The molecule has 10 nitrogen and oxygen atoms in total. The Morgan fingerprint density at radius 1 is 1.06 bits per heavy atom. The largest absolute Gasteiger partial charge is 0.369 e. The van der Waals surface area contributed by atoms with Gasteiger partial charge in [0.25, 0.3) is 5.69 Å². The molecule has 0 amide bonds. The van der Waals surface area contributed by atoms with Gasteiger partial charge in [-0.2, -0.15) is 5.10 Å². The number of aryl methyl sites for hydroxylation is 1. The summed E-state index contributed by atoms with van der Waals surface area (Å²) < 4.78 is 1.83. The SMILES string of the molecule is CCn1cc(-c2ccnc(Nc3cccc(N4CCN(C)CC4)c3)n2)c(-c2ccc([N+](=O)[O-])cc2)n1. The van der Waals surface area contributed by atoms with E-state index in [9.17, 15) is 10.1 Å². The van der Waals surface area contributed by atoms with Gasteiger partial charge in [-0.1, -0.05) is 6.07 Å². The van der Waals surface area contributed by atoms with E-state index >= 15 is 0 Å². The second-order valence-corrected chi connectivity index (χ2v) is 8.78. The minimum atomic E-state index is -0.406. The quantitative estimate of drug-likeness (QED) is 0.303. The van der Waals surface area contributed by atoms with Crippen LogP contribution in [0.3, 0.4) is 0 Å². The molecule has 1 saturated heterocycles.